The van der Waals surface area contributed by atoms with E-state index < -0.39 is 11.5 Å². The van der Waals surface area contributed by atoms with Crippen molar-refractivity contribution in [3.05, 3.63) is 0 Å². The third kappa shape index (κ3) is 1.51. The molecule has 0 amide bonds. The third-order valence-electron chi connectivity index (χ3n) is 3.34. The molecule has 1 N–H and O–H groups in total. The summed E-state index contributed by atoms with van der Waals surface area (Å²) in [6, 6.07) is 0. The van der Waals surface area contributed by atoms with Gasteiger partial charge in [0.2, 0.25) is 0 Å². The predicted molar refractivity (Wildman–Crippen MR) is 53.8 cm³/mol. The quantitative estimate of drug-likeness (QED) is 0.748. The van der Waals surface area contributed by atoms with Gasteiger partial charge in [0.15, 0.2) is 0 Å². The van der Waals surface area contributed by atoms with Gasteiger partial charge in [-0.2, -0.15) is 0 Å². The third-order valence-corrected chi connectivity index (χ3v) is 3.34. The molecule has 0 aromatic carbocycles. The number of carboxylic acids is 1. The SMILES string of the molecule is COC1CN2CCCC2(C(=O)O)C1.Cl. The molecule has 0 aliphatic carbocycles. The van der Waals surface area contributed by atoms with Crippen LogP contribution in [-0.2, 0) is 9.53 Å². The van der Waals surface area contributed by atoms with Crippen molar-refractivity contribution in [2.75, 3.05) is 20.2 Å². The Morgan fingerprint density at radius 1 is 1.64 bits per heavy atom. The zero-order valence-corrected chi connectivity index (χ0v) is 9.05. The zero-order chi connectivity index (χ0) is 9.47. The second-order valence-electron chi connectivity index (χ2n) is 3.95. The highest BCUT2D eigenvalue weighted by atomic mass is 35.5. The van der Waals surface area contributed by atoms with Crippen molar-refractivity contribution < 1.29 is 14.6 Å². The Morgan fingerprint density at radius 2 is 2.36 bits per heavy atom. The van der Waals surface area contributed by atoms with E-state index in [0.29, 0.717) is 6.42 Å². The van der Waals surface area contributed by atoms with Crippen LogP contribution < -0.4 is 0 Å². The first-order valence-corrected chi connectivity index (χ1v) is 4.70. The number of hydrogen-bond acceptors (Lipinski definition) is 3. The maximum absolute atomic E-state index is 11.2. The first kappa shape index (κ1) is 11.8. The molecule has 2 unspecified atom stereocenters. The Kier molecular flexibility index (Phi) is 3.40. The summed E-state index contributed by atoms with van der Waals surface area (Å²) in [5.74, 6) is -0.676. The summed E-state index contributed by atoms with van der Waals surface area (Å²) >= 11 is 0. The number of fused-ring (bicyclic) bond motifs is 1. The van der Waals surface area contributed by atoms with E-state index in [2.05, 4.69) is 4.90 Å². The van der Waals surface area contributed by atoms with Gasteiger partial charge in [-0.05, 0) is 19.4 Å². The van der Waals surface area contributed by atoms with Gasteiger partial charge in [0.25, 0.3) is 0 Å². The molecule has 2 rings (SSSR count). The highest BCUT2D eigenvalue weighted by Gasteiger charge is 2.53. The molecule has 0 bridgehead atoms. The molecule has 2 aliphatic rings. The van der Waals surface area contributed by atoms with E-state index in [1.54, 1.807) is 7.11 Å². The van der Waals surface area contributed by atoms with Gasteiger partial charge >= 0.3 is 5.97 Å². The molecule has 14 heavy (non-hydrogen) atoms. The van der Waals surface area contributed by atoms with E-state index >= 15 is 0 Å². The van der Waals surface area contributed by atoms with Crippen LogP contribution in [0.4, 0.5) is 0 Å². The van der Waals surface area contributed by atoms with Crippen LogP contribution in [0.5, 0.6) is 0 Å². The number of carboxylic acid groups (broad SMARTS) is 1. The van der Waals surface area contributed by atoms with Gasteiger partial charge in [0, 0.05) is 20.1 Å². The number of ether oxygens (including phenoxy) is 1. The molecule has 2 aliphatic heterocycles. The largest absolute Gasteiger partial charge is 0.480 e. The Morgan fingerprint density at radius 3 is 2.86 bits per heavy atom. The minimum atomic E-state index is -0.676. The number of methoxy groups -OCH3 is 1. The van der Waals surface area contributed by atoms with Crippen molar-refractivity contribution in [3.63, 3.8) is 0 Å². The van der Waals surface area contributed by atoms with Gasteiger partial charge in [0.1, 0.15) is 5.54 Å². The van der Waals surface area contributed by atoms with Gasteiger partial charge in [-0.25, -0.2) is 0 Å². The van der Waals surface area contributed by atoms with E-state index in [9.17, 15) is 9.90 Å². The summed E-state index contributed by atoms with van der Waals surface area (Å²) in [7, 11) is 1.66. The van der Waals surface area contributed by atoms with E-state index in [-0.39, 0.29) is 18.5 Å². The maximum atomic E-state index is 11.2. The highest BCUT2D eigenvalue weighted by Crippen LogP contribution is 2.39. The van der Waals surface area contributed by atoms with Crippen molar-refractivity contribution in [3.8, 4) is 0 Å². The molecule has 0 radical (unpaired) electrons. The lowest BCUT2D eigenvalue weighted by atomic mass is 9.94. The van der Waals surface area contributed by atoms with Crippen LogP contribution in [0.2, 0.25) is 0 Å². The number of nitrogens with zero attached hydrogens (tertiary/aromatic N) is 1. The van der Waals surface area contributed by atoms with Crippen molar-refractivity contribution in [2.45, 2.75) is 30.9 Å². The molecule has 82 valence electrons. The Balaban J connectivity index is 0.000000980. The fraction of sp³-hybridized carbons (Fsp3) is 0.889. The molecule has 0 aromatic rings. The molecule has 2 atom stereocenters. The van der Waals surface area contributed by atoms with Crippen LogP contribution in [0, 0.1) is 0 Å². The van der Waals surface area contributed by atoms with Crippen LogP contribution >= 0.6 is 12.4 Å². The van der Waals surface area contributed by atoms with Crippen molar-refractivity contribution in [2.24, 2.45) is 0 Å². The number of aliphatic carboxylic acids is 1. The molecule has 2 saturated heterocycles. The zero-order valence-electron chi connectivity index (χ0n) is 8.23. The summed E-state index contributed by atoms with van der Waals surface area (Å²) < 4.78 is 5.22. The smallest absolute Gasteiger partial charge is 0.324 e. The lowest BCUT2D eigenvalue weighted by Crippen LogP contribution is -2.45. The predicted octanol–water partition coefficient (Wildman–Crippen LogP) is 0.746. The Hall–Kier alpha value is -0.320. The monoisotopic (exact) mass is 221 g/mol. The van der Waals surface area contributed by atoms with Gasteiger partial charge in [-0.3, -0.25) is 9.69 Å². The normalized spacial score (nSPS) is 36.5. The van der Waals surface area contributed by atoms with Crippen LogP contribution in [0.15, 0.2) is 0 Å². The van der Waals surface area contributed by atoms with E-state index in [1.165, 1.54) is 0 Å². The van der Waals surface area contributed by atoms with Crippen molar-refractivity contribution in [1.29, 1.82) is 0 Å². The van der Waals surface area contributed by atoms with Gasteiger partial charge in [-0.1, -0.05) is 0 Å². The number of halogens is 1. The second kappa shape index (κ2) is 4.04. The van der Waals surface area contributed by atoms with Crippen molar-refractivity contribution in [1.82, 2.24) is 4.90 Å². The van der Waals surface area contributed by atoms with Crippen LogP contribution in [0.3, 0.4) is 0 Å². The summed E-state index contributed by atoms with van der Waals surface area (Å²) in [5, 5.41) is 9.19. The molecule has 0 spiro atoms. The lowest BCUT2D eigenvalue weighted by Gasteiger charge is -2.26. The van der Waals surface area contributed by atoms with Crippen LogP contribution in [0.25, 0.3) is 0 Å². The Bertz CT molecular complexity index is 236. The fourth-order valence-electron chi connectivity index (χ4n) is 2.61. The average molecular weight is 222 g/mol. The maximum Gasteiger partial charge on any atom is 0.324 e. The average Bonchev–Trinajstić information content (AvgIpc) is 2.58. The molecule has 0 saturated carbocycles. The second-order valence-corrected chi connectivity index (χ2v) is 3.95. The Labute approximate surface area is 89.6 Å². The first-order valence-electron chi connectivity index (χ1n) is 4.70. The number of hydrogen-bond donors (Lipinski definition) is 1. The van der Waals surface area contributed by atoms with Gasteiger partial charge < -0.3 is 9.84 Å². The topological polar surface area (TPSA) is 49.8 Å². The van der Waals surface area contributed by atoms with Gasteiger partial charge in [-0.15, -0.1) is 12.4 Å². The summed E-state index contributed by atoms with van der Waals surface area (Å²) in [5.41, 5.74) is -0.597. The molecule has 2 fully saturated rings. The first-order chi connectivity index (χ1) is 6.19. The number of rotatable bonds is 2. The van der Waals surface area contributed by atoms with E-state index in [1.807, 2.05) is 0 Å². The minimum absolute atomic E-state index is 0. The van der Waals surface area contributed by atoms with Crippen molar-refractivity contribution >= 4 is 18.4 Å². The highest BCUT2D eigenvalue weighted by molar-refractivity contribution is 5.85. The van der Waals surface area contributed by atoms with Gasteiger partial charge in [0.05, 0.1) is 6.10 Å². The van der Waals surface area contributed by atoms with Crippen LogP contribution in [0.1, 0.15) is 19.3 Å². The van der Waals surface area contributed by atoms with E-state index in [0.717, 1.165) is 25.9 Å². The summed E-state index contributed by atoms with van der Waals surface area (Å²) in [4.78, 5) is 13.2. The summed E-state index contributed by atoms with van der Waals surface area (Å²) in [6.07, 6.45) is 2.54. The molecule has 5 heteroatoms. The molecular formula is C9H16ClNO3. The molecular weight excluding hydrogens is 206 g/mol. The lowest BCUT2D eigenvalue weighted by molar-refractivity contribution is -0.148. The van der Waals surface area contributed by atoms with Crippen LogP contribution in [-0.4, -0.2) is 47.8 Å². The molecule has 0 aromatic heterocycles. The van der Waals surface area contributed by atoms with E-state index in [4.69, 9.17) is 4.74 Å². The molecule has 4 nitrogen and oxygen atoms in total. The minimum Gasteiger partial charge on any atom is -0.480 e. The standard InChI is InChI=1S/C9H15NO3.ClH/c1-13-7-5-9(8(11)12)3-2-4-10(9)6-7;/h7H,2-6H2,1H3,(H,11,12);1H. The summed E-state index contributed by atoms with van der Waals surface area (Å²) in [6.45, 7) is 1.69. The fourth-order valence-corrected chi connectivity index (χ4v) is 2.61. The molecule has 2 heterocycles. The number of carbonyl (C=O) groups is 1.